The summed E-state index contributed by atoms with van der Waals surface area (Å²) in [5.41, 5.74) is 0. The summed E-state index contributed by atoms with van der Waals surface area (Å²) in [4.78, 5) is 0. The molecule has 0 spiro atoms. The normalized spacial score (nSPS) is 21.3. The van der Waals surface area contributed by atoms with Crippen LogP contribution in [0.15, 0.2) is 0 Å². The Balaban J connectivity index is 2.00. The van der Waals surface area contributed by atoms with Gasteiger partial charge in [0.05, 0.1) is 0 Å². The molecule has 0 radical (unpaired) electrons. The zero-order valence-electron chi connectivity index (χ0n) is 3.44. The van der Waals surface area contributed by atoms with Crippen molar-refractivity contribution in [2.24, 2.45) is 0 Å². The zero-order valence-corrected chi connectivity index (χ0v) is 6.29. The standard InChI is InChI=1S/C3H6O2.Sn/c4-2-1-3-5;/h1-3H2;/q-2;+4. The van der Waals surface area contributed by atoms with Gasteiger partial charge < -0.3 is 0 Å². The van der Waals surface area contributed by atoms with Crippen LogP contribution in [0, 0.1) is 0 Å². The van der Waals surface area contributed by atoms with Crippen LogP contribution in [-0.2, 0) is 6.15 Å². The Morgan fingerprint density at radius 2 is 1.83 bits per heavy atom. The Morgan fingerprint density at radius 3 is 2.00 bits per heavy atom. The van der Waals surface area contributed by atoms with Gasteiger partial charge in [-0.3, -0.25) is 0 Å². The molecule has 0 atom stereocenters. The van der Waals surface area contributed by atoms with E-state index in [0.29, 0.717) is 0 Å². The Bertz CT molecular complexity index is 24.3. The second kappa shape index (κ2) is 2.82. The quantitative estimate of drug-likeness (QED) is 0.502. The van der Waals surface area contributed by atoms with Crippen molar-refractivity contribution in [1.29, 1.82) is 0 Å². The molecule has 32 valence electrons. The molecule has 1 saturated heterocycles. The molecule has 1 aliphatic heterocycles. The average Bonchev–Trinajstić information content (AvgIpc) is 1.72. The summed E-state index contributed by atoms with van der Waals surface area (Å²) in [6.07, 6.45) is 1.10. The van der Waals surface area contributed by atoms with Crippen LogP contribution in [-0.4, -0.2) is 35.2 Å². The Labute approximate surface area is 48.1 Å². The predicted molar refractivity (Wildman–Crippen MR) is 22.3 cm³/mol. The van der Waals surface area contributed by atoms with E-state index < -0.39 is 22.0 Å². The average molecular weight is 193 g/mol. The Hall–Kier alpha value is 0.719. The maximum absolute atomic E-state index is 5.02. The summed E-state index contributed by atoms with van der Waals surface area (Å²) in [5, 5.41) is 0. The van der Waals surface area contributed by atoms with Crippen molar-refractivity contribution in [1.82, 2.24) is 0 Å². The second-order valence-corrected chi connectivity index (χ2v) is 3.26. The van der Waals surface area contributed by atoms with E-state index in [2.05, 4.69) is 0 Å². The Kier molecular flexibility index (Phi) is 2.29. The van der Waals surface area contributed by atoms with E-state index >= 15 is 0 Å². The van der Waals surface area contributed by atoms with E-state index in [0.717, 1.165) is 19.6 Å². The van der Waals surface area contributed by atoms with Gasteiger partial charge in [0.2, 0.25) is 0 Å². The number of hydrogen-bond acceptors (Lipinski definition) is 2. The molecule has 2 nitrogen and oxygen atoms in total. The van der Waals surface area contributed by atoms with Crippen LogP contribution in [0.5, 0.6) is 0 Å². The van der Waals surface area contributed by atoms with Crippen molar-refractivity contribution in [2.45, 2.75) is 6.42 Å². The first kappa shape index (κ1) is 4.87. The molecule has 0 N–H and O–H groups in total. The summed E-state index contributed by atoms with van der Waals surface area (Å²) in [5.74, 6) is 0. The summed E-state index contributed by atoms with van der Waals surface area (Å²) < 4.78 is 10.0. The molecule has 0 aliphatic carbocycles. The fraction of sp³-hybridized carbons (Fsp3) is 1.00. The van der Waals surface area contributed by atoms with Crippen LogP contribution in [0.3, 0.4) is 0 Å². The third-order valence-corrected chi connectivity index (χ3v) is 2.45. The van der Waals surface area contributed by atoms with Gasteiger partial charge in [0.25, 0.3) is 0 Å². The van der Waals surface area contributed by atoms with E-state index in [-0.39, 0.29) is 0 Å². The van der Waals surface area contributed by atoms with Crippen molar-refractivity contribution >= 4 is 22.0 Å². The monoisotopic (exact) mass is 194 g/mol. The predicted octanol–water partition coefficient (Wildman–Crippen LogP) is -0.0425. The van der Waals surface area contributed by atoms with E-state index in [9.17, 15) is 0 Å². The van der Waals surface area contributed by atoms with Crippen molar-refractivity contribution in [2.75, 3.05) is 13.2 Å². The molecule has 3 heteroatoms. The van der Waals surface area contributed by atoms with Gasteiger partial charge >= 0.3 is 47.8 Å². The molecule has 0 bridgehead atoms. The second-order valence-electron chi connectivity index (χ2n) is 1.13. The van der Waals surface area contributed by atoms with Crippen LogP contribution < -0.4 is 0 Å². The van der Waals surface area contributed by atoms with E-state index in [4.69, 9.17) is 6.15 Å². The van der Waals surface area contributed by atoms with Gasteiger partial charge in [0, 0.05) is 0 Å². The van der Waals surface area contributed by atoms with E-state index in [1.165, 1.54) is 0 Å². The molecule has 1 heterocycles. The molecule has 1 aliphatic rings. The van der Waals surface area contributed by atoms with Gasteiger partial charge in [-0.15, -0.1) is 0 Å². The van der Waals surface area contributed by atoms with Crippen LogP contribution in [0.1, 0.15) is 6.42 Å². The first-order valence-corrected chi connectivity index (χ1v) is 4.32. The van der Waals surface area contributed by atoms with Crippen LogP contribution in [0.2, 0.25) is 0 Å². The molecule has 0 amide bonds. The van der Waals surface area contributed by atoms with Gasteiger partial charge in [-0.25, -0.2) is 0 Å². The summed E-state index contributed by atoms with van der Waals surface area (Å²) >= 11 is -0.714. The van der Waals surface area contributed by atoms with Gasteiger partial charge in [0.1, 0.15) is 0 Å². The topological polar surface area (TPSA) is 18.5 Å². The van der Waals surface area contributed by atoms with Gasteiger partial charge in [-0.2, -0.15) is 0 Å². The molecule has 0 saturated carbocycles. The van der Waals surface area contributed by atoms with Crippen molar-refractivity contribution in [3.8, 4) is 0 Å². The van der Waals surface area contributed by atoms with Crippen LogP contribution in [0.4, 0.5) is 0 Å². The summed E-state index contributed by atoms with van der Waals surface area (Å²) in [6, 6.07) is 0. The molecule has 0 unspecified atom stereocenters. The van der Waals surface area contributed by atoms with Crippen molar-refractivity contribution in [3.05, 3.63) is 0 Å². The van der Waals surface area contributed by atoms with Crippen molar-refractivity contribution < 1.29 is 6.15 Å². The van der Waals surface area contributed by atoms with Crippen molar-refractivity contribution in [3.63, 3.8) is 0 Å². The third-order valence-electron chi connectivity index (χ3n) is 0.611. The van der Waals surface area contributed by atoms with E-state index in [1.54, 1.807) is 0 Å². The van der Waals surface area contributed by atoms with Crippen LogP contribution in [0.25, 0.3) is 0 Å². The molecule has 0 aromatic carbocycles. The number of hydrogen-bond donors (Lipinski definition) is 0. The Morgan fingerprint density at radius 1 is 1.17 bits per heavy atom. The van der Waals surface area contributed by atoms with Crippen LogP contribution >= 0.6 is 0 Å². The fourth-order valence-electron chi connectivity index (χ4n) is 0.328. The van der Waals surface area contributed by atoms with Gasteiger partial charge in [-0.1, -0.05) is 0 Å². The number of rotatable bonds is 0. The third kappa shape index (κ3) is 1.45. The molecule has 0 aromatic rings. The molecule has 6 heavy (non-hydrogen) atoms. The first-order valence-electron chi connectivity index (χ1n) is 1.99. The zero-order chi connectivity index (χ0) is 4.24. The molecule has 1 rings (SSSR count). The molecular formula is C3H6O2Sn+2. The molecule has 0 aromatic heterocycles. The minimum atomic E-state index is -0.714. The summed E-state index contributed by atoms with van der Waals surface area (Å²) in [7, 11) is 0. The molecular weight excluding hydrogens is 187 g/mol. The van der Waals surface area contributed by atoms with Gasteiger partial charge in [-0.05, 0) is 0 Å². The first-order chi connectivity index (χ1) is 3.00. The van der Waals surface area contributed by atoms with E-state index in [1.807, 2.05) is 0 Å². The molecule has 1 fully saturated rings. The van der Waals surface area contributed by atoms with Gasteiger partial charge in [0.15, 0.2) is 0 Å². The fourth-order valence-corrected chi connectivity index (χ4v) is 1.87. The summed E-state index contributed by atoms with van der Waals surface area (Å²) in [6.45, 7) is 1.90. The minimum absolute atomic E-state index is 0.714. The maximum atomic E-state index is 5.02. The SMILES string of the molecule is C1C[O][Sn+2][O]C1.